The van der Waals surface area contributed by atoms with Gasteiger partial charge in [-0.2, -0.15) is 0 Å². The molecule has 0 saturated carbocycles. The van der Waals surface area contributed by atoms with E-state index in [1.165, 1.54) is 0 Å². The smallest absolute Gasteiger partial charge is 0.0945 e. The maximum absolute atomic E-state index is 6.14. The summed E-state index contributed by atoms with van der Waals surface area (Å²) in [6, 6.07) is 5.42. The fourth-order valence-corrected chi connectivity index (χ4v) is 2.66. The van der Waals surface area contributed by atoms with E-state index in [0.29, 0.717) is 10.0 Å². The number of rotatable bonds is 4. The van der Waals surface area contributed by atoms with Gasteiger partial charge in [-0.1, -0.05) is 23.2 Å². The van der Waals surface area contributed by atoms with Crippen LogP contribution in [0.1, 0.15) is 5.01 Å². The number of hydrogen-bond donors (Lipinski definition) is 1. The van der Waals surface area contributed by atoms with E-state index in [1.54, 1.807) is 23.5 Å². The Morgan fingerprint density at radius 1 is 1.35 bits per heavy atom. The Balaban J connectivity index is 2.27. The van der Waals surface area contributed by atoms with Gasteiger partial charge in [-0.25, -0.2) is 4.98 Å². The quantitative estimate of drug-likeness (QED) is 0.923. The Morgan fingerprint density at radius 2 is 2.18 bits per heavy atom. The Morgan fingerprint density at radius 3 is 2.94 bits per heavy atom. The molecule has 0 spiro atoms. The van der Waals surface area contributed by atoms with Crippen LogP contribution < -0.4 is 5.32 Å². The predicted octanol–water partition coefficient (Wildman–Crippen LogP) is 3.88. The first kappa shape index (κ1) is 12.8. The van der Waals surface area contributed by atoms with Crippen LogP contribution in [0.25, 0.3) is 11.3 Å². The minimum absolute atomic E-state index is 0.675. The number of nitrogens with zero attached hydrogens (tertiary/aromatic N) is 1. The lowest BCUT2D eigenvalue weighted by Gasteiger charge is -2.01. The van der Waals surface area contributed by atoms with Gasteiger partial charge >= 0.3 is 0 Å². The second-order valence-corrected chi connectivity index (χ2v) is 5.39. The fraction of sp³-hybridized carbons (Fsp3) is 0.250. The molecule has 1 N–H and O–H groups in total. The van der Waals surface area contributed by atoms with Crippen molar-refractivity contribution >= 4 is 34.5 Å². The van der Waals surface area contributed by atoms with Crippen molar-refractivity contribution in [3.8, 4) is 11.3 Å². The number of likely N-dealkylation sites (N-methyl/N-ethyl adjacent to an activating group) is 1. The fourth-order valence-electron chi connectivity index (χ4n) is 1.48. The van der Waals surface area contributed by atoms with E-state index in [2.05, 4.69) is 10.3 Å². The Hall–Kier alpha value is -0.610. The minimum atomic E-state index is 0.675. The zero-order valence-electron chi connectivity index (χ0n) is 9.34. The maximum Gasteiger partial charge on any atom is 0.0945 e. The summed E-state index contributed by atoms with van der Waals surface area (Å²) in [4.78, 5) is 4.56. The molecule has 0 aliphatic carbocycles. The largest absolute Gasteiger partial charge is 0.319 e. The number of benzene rings is 1. The van der Waals surface area contributed by atoms with Gasteiger partial charge in [0, 0.05) is 28.9 Å². The second kappa shape index (κ2) is 5.83. The van der Waals surface area contributed by atoms with Crippen molar-refractivity contribution < 1.29 is 0 Å². The molecule has 1 aromatic heterocycles. The van der Waals surface area contributed by atoms with E-state index < -0.39 is 0 Å². The number of thiazole rings is 1. The third-order valence-corrected chi connectivity index (χ3v) is 3.82. The molecular formula is C12H12Cl2N2S. The minimum Gasteiger partial charge on any atom is -0.319 e. The summed E-state index contributed by atoms with van der Waals surface area (Å²) >= 11 is 13.7. The molecule has 0 aliphatic rings. The van der Waals surface area contributed by atoms with Gasteiger partial charge in [0.2, 0.25) is 0 Å². The van der Waals surface area contributed by atoms with Crippen LogP contribution in [0, 0.1) is 0 Å². The molecule has 90 valence electrons. The van der Waals surface area contributed by atoms with Gasteiger partial charge < -0.3 is 5.32 Å². The van der Waals surface area contributed by atoms with E-state index in [1.807, 2.05) is 18.5 Å². The lowest BCUT2D eigenvalue weighted by atomic mass is 10.2. The van der Waals surface area contributed by atoms with Crippen LogP contribution in [0.3, 0.4) is 0 Å². The highest BCUT2D eigenvalue weighted by Gasteiger charge is 2.08. The standard InChI is InChI=1S/C12H12Cl2N2S/c1-15-5-4-12-16-11(7-17-12)9-6-8(13)2-3-10(9)14/h2-3,6-7,15H,4-5H2,1H3. The molecule has 0 atom stereocenters. The van der Waals surface area contributed by atoms with E-state index in [4.69, 9.17) is 23.2 Å². The van der Waals surface area contributed by atoms with Gasteiger partial charge in [-0.05, 0) is 25.2 Å². The Kier molecular flexibility index (Phi) is 4.40. The molecule has 5 heteroatoms. The lowest BCUT2D eigenvalue weighted by Crippen LogP contribution is -2.09. The monoisotopic (exact) mass is 286 g/mol. The first-order valence-corrected chi connectivity index (χ1v) is 6.88. The zero-order chi connectivity index (χ0) is 12.3. The molecule has 2 nitrogen and oxygen atoms in total. The van der Waals surface area contributed by atoms with Crippen LogP contribution in [0.5, 0.6) is 0 Å². The molecule has 2 rings (SSSR count). The summed E-state index contributed by atoms with van der Waals surface area (Å²) in [5, 5.41) is 7.58. The average Bonchev–Trinajstić information content (AvgIpc) is 2.78. The maximum atomic E-state index is 6.14. The summed E-state index contributed by atoms with van der Waals surface area (Å²) in [7, 11) is 1.93. The summed E-state index contributed by atoms with van der Waals surface area (Å²) in [6.07, 6.45) is 0.930. The van der Waals surface area contributed by atoms with Crippen molar-refractivity contribution in [2.45, 2.75) is 6.42 Å². The van der Waals surface area contributed by atoms with Gasteiger partial charge in [0.25, 0.3) is 0 Å². The van der Waals surface area contributed by atoms with Crippen LogP contribution in [0.4, 0.5) is 0 Å². The Bertz CT molecular complexity index is 511. The summed E-state index contributed by atoms with van der Waals surface area (Å²) in [6.45, 7) is 0.927. The van der Waals surface area contributed by atoms with Gasteiger partial charge in [0.15, 0.2) is 0 Å². The van der Waals surface area contributed by atoms with E-state index in [0.717, 1.165) is 29.2 Å². The Labute approximate surface area is 115 Å². The second-order valence-electron chi connectivity index (χ2n) is 3.60. The summed E-state index contributed by atoms with van der Waals surface area (Å²) in [5.74, 6) is 0. The lowest BCUT2D eigenvalue weighted by molar-refractivity contribution is 0.788. The third-order valence-electron chi connectivity index (χ3n) is 2.34. The number of nitrogens with one attached hydrogen (secondary N) is 1. The molecule has 0 bridgehead atoms. The van der Waals surface area contributed by atoms with Crippen LogP contribution in [0.2, 0.25) is 10.0 Å². The van der Waals surface area contributed by atoms with Crippen LogP contribution in [-0.2, 0) is 6.42 Å². The van der Waals surface area contributed by atoms with E-state index >= 15 is 0 Å². The van der Waals surface area contributed by atoms with Crippen molar-refractivity contribution in [1.29, 1.82) is 0 Å². The van der Waals surface area contributed by atoms with Crippen molar-refractivity contribution in [3.05, 3.63) is 38.6 Å². The van der Waals surface area contributed by atoms with Crippen molar-refractivity contribution in [3.63, 3.8) is 0 Å². The molecule has 0 amide bonds. The molecule has 1 heterocycles. The zero-order valence-corrected chi connectivity index (χ0v) is 11.7. The molecule has 0 radical (unpaired) electrons. The average molecular weight is 287 g/mol. The predicted molar refractivity (Wildman–Crippen MR) is 75.2 cm³/mol. The molecule has 0 unspecified atom stereocenters. The molecule has 17 heavy (non-hydrogen) atoms. The third kappa shape index (κ3) is 3.19. The number of aromatic nitrogens is 1. The summed E-state index contributed by atoms with van der Waals surface area (Å²) < 4.78 is 0. The van der Waals surface area contributed by atoms with Gasteiger partial charge in [0.1, 0.15) is 0 Å². The van der Waals surface area contributed by atoms with Crippen molar-refractivity contribution in [1.82, 2.24) is 10.3 Å². The highest BCUT2D eigenvalue weighted by Crippen LogP contribution is 2.31. The van der Waals surface area contributed by atoms with Crippen molar-refractivity contribution in [2.24, 2.45) is 0 Å². The van der Waals surface area contributed by atoms with Gasteiger partial charge in [0.05, 0.1) is 15.7 Å². The van der Waals surface area contributed by atoms with Gasteiger partial charge in [-0.3, -0.25) is 0 Å². The molecule has 0 aliphatic heterocycles. The van der Waals surface area contributed by atoms with Crippen molar-refractivity contribution in [2.75, 3.05) is 13.6 Å². The SMILES string of the molecule is CNCCc1nc(-c2cc(Cl)ccc2Cl)cs1. The molecule has 0 saturated heterocycles. The number of halogens is 2. The van der Waals surface area contributed by atoms with E-state index in [-0.39, 0.29) is 0 Å². The van der Waals surface area contributed by atoms with E-state index in [9.17, 15) is 0 Å². The van der Waals surface area contributed by atoms with Crippen LogP contribution in [0.15, 0.2) is 23.6 Å². The molecular weight excluding hydrogens is 275 g/mol. The topological polar surface area (TPSA) is 24.9 Å². The highest BCUT2D eigenvalue weighted by atomic mass is 35.5. The normalized spacial score (nSPS) is 10.8. The molecule has 2 aromatic rings. The summed E-state index contributed by atoms with van der Waals surface area (Å²) in [5.41, 5.74) is 1.79. The van der Waals surface area contributed by atoms with Crippen LogP contribution in [-0.4, -0.2) is 18.6 Å². The molecule has 1 aromatic carbocycles. The van der Waals surface area contributed by atoms with Gasteiger partial charge in [-0.15, -0.1) is 11.3 Å². The van der Waals surface area contributed by atoms with Crippen LogP contribution >= 0.6 is 34.5 Å². The first-order chi connectivity index (χ1) is 8.20. The highest BCUT2D eigenvalue weighted by molar-refractivity contribution is 7.09. The molecule has 0 fully saturated rings. The number of hydrogen-bond acceptors (Lipinski definition) is 3. The first-order valence-electron chi connectivity index (χ1n) is 5.25.